The highest BCUT2D eigenvalue weighted by atomic mass is 32.2. The van der Waals surface area contributed by atoms with Gasteiger partial charge in [-0.15, -0.1) is 0 Å². The summed E-state index contributed by atoms with van der Waals surface area (Å²) in [5, 5.41) is 3.92. The van der Waals surface area contributed by atoms with Crippen LogP contribution in [0.3, 0.4) is 0 Å². The molecule has 1 heterocycles. The van der Waals surface area contributed by atoms with Crippen LogP contribution in [-0.2, 0) is 0 Å². The fourth-order valence-corrected chi connectivity index (χ4v) is 2.33. The van der Waals surface area contributed by atoms with Gasteiger partial charge in [0.25, 0.3) is 0 Å². The number of fused-ring (bicyclic) bond motifs is 3. The Morgan fingerprint density at radius 3 is 2.65 bits per heavy atom. The van der Waals surface area contributed by atoms with Crippen LogP contribution in [0, 0.1) is 0 Å². The molecule has 0 saturated heterocycles. The average Bonchev–Trinajstić information content (AvgIpc) is 2.38. The summed E-state index contributed by atoms with van der Waals surface area (Å²) in [4.78, 5) is 8.81. The van der Waals surface area contributed by atoms with Crippen LogP contribution >= 0.6 is 11.8 Å². The van der Waals surface area contributed by atoms with Crippen LogP contribution < -0.4 is 5.73 Å². The number of nitrogens with two attached hydrogens (primary N) is 1. The molecule has 0 unspecified atom stereocenters. The summed E-state index contributed by atoms with van der Waals surface area (Å²) in [5.74, 6) is 0.546. The van der Waals surface area contributed by atoms with Crippen molar-refractivity contribution in [1.82, 2.24) is 9.97 Å². The van der Waals surface area contributed by atoms with Gasteiger partial charge in [-0.1, -0.05) is 42.1 Å². The second kappa shape index (κ2) is 3.89. The highest BCUT2D eigenvalue weighted by molar-refractivity contribution is 7.98. The molecule has 0 fully saturated rings. The van der Waals surface area contributed by atoms with Crippen molar-refractivity contribution in [1.29, 1.82) is 0 Å². The van der Waals surface area contributed by atoms with E-state index in [0.717, 1.165) is 16.3 Å². The topological polar surface area (TPSA) is 51.8 Å². The SMILES string of the molecule is CSc1nc(N)c2ccc3ccccc3c2n1. The van der Waals surface area contributed by atoms with Crippen molar-refractivity contribution in [2.75, 3.05) is 12.0 Å². The third-order valence-corrected chi connectivity index (χ3v) is 3.33. The van der Waals surface area contributed by atoms with Gasteiger partial charge in [0, 0.05) is 10.8 Å². The molecule has 3 nitrogen and oxygen atoms in total. The number of thioether (sulfide) groups is 1. The molecule has 0 aliphatic rings. The van der Waals surface area contributed by atoms with Gasteiger partial charge in [0.2, 0.25) is 0 Å². The van der Waals surface area contributed by atoms with Crippen molar-refractivity contribution >= 4 is 39.3 Å². The van der Waals surface area contributed by atoms with Crippen LogP contribution in [0.25, 0.3) is 21.7 Å². The number of rotatable bonds is 1. The van der Waals surface area contributed by atoms with E-state index in [9.17, 15) is 0 Å². The summed E-state index contributed by atoms with van der Waals surface area (Å²) < 4.78 is 0. The Bertz CT molecular complexity index is 709. The minimum absolute atomic E-state index is 0.546. The lowest BCUT2D eigenvalue weighted by Crippen LogP contribution is -1.96. The van der Waals surface area contributed by atoms with Gasteiger partial charge in [-0.25, -0.2) is 9.97 Å². The first-order valence-corrected chi connectivity index (χ1v) is 6.51. The average molecular weight is 241 g/mol. The molecule has 0 saturated carbocycles. The Labute approximate surface area is 103 Å². The number of hydrogen-bond acceptors (Lipinski definition) is 4. The Morgan fingerprint density at radius 1 is 1.00 bits per heavy atom. The van der Waals surface area contributed by atoms with Crippen molar-refractivity contribution in [3.8, 4) is 0 Å². The summed E-state index contributed by atoms with van der Waals surface area (Å²) in [7, 11) is 0. The third-order valence-electron chi connectivity index (χ3n) is 2.78. The number of hydrogen-bond donors (Lipinski definition) is 1. The zero-order valence-electron chi connectivity index (χ0n) is 9.34. The molecule has 0 amide bonds. The summed E-state index contributed by atoms with van der Waals surface area (Å²) in [6.45, 7) is 0. The first-order valence-electron chi connectivity index (χ1n) is 5.28. The van der Waals surface area contributed by atoms with Crippen molar-refractivity contribution in [2.45, 2.75) is 5.16 Å². The van der Waals surface area contributed by atoms with E-state index in [1.165, 1.54) is 17.1 Å². The van der Waals surface area contributed by atoms with Crippen molar-refractivity contribution in [3.05, 3.63) is 36.4 Å². The maximum absolute atomic E-state index is 5.96. The maximum atomic E-state index is 5.96. The first kappa shape index (κ1) is 10.4. The molecule has 0 aliphatic carbocycles. The van der Waals surface area contributed by atoms with E-state index >= 15 is 0 Å². The molecule has 0 spiro atoms. The molecule has 1 aromatic heterocycles. The van der Waals surface area contributed by atoms with Crippen molar-refractivity contribution in [2.24, 2.45) is 0 Å². The second-order valence-electron chi connectivity index (χ2n) is 3.78. The number of benzene rings is 2. The Hall–Kier alpha value is -1.81. The molecule has 84 valence electrons. The smallest absolute Gasteiger partial charge is 0.189 e. The number of nitrogens with zero attached hydrogens (tertiary/aromatic N) is 2. The van der Waals surface area contributed by atoms with E-state index in [1.807, 2.05) is 24.5 Å². The summed E-state index contributed by atoms with van der Waals surface area (Å²) in [6.07, 6.45) is 1.95. The van der Waals surface area contributed by atoms with E-state index in [-0.39, 0.29) is 0 Å². The van der Waals surface area contributed by atoms with Crippen LogP contribution in [0.4, 0.5) is 5.82 Å². The minimum Gasteiger partial charge on any atom is -0.383 e. The summed E-state index contributed by atoms with van der Waals surface area (Å²) in [6, 6.07) is 12.2. The fourth-order valence-electron chi connectivity index (χ4n) is 1.96. The highest BCUT2D eigenvalue weighted by Crippen LogP contribution is 2.28. The predicted octanol–water partition coefficient (Wildman–Crippen LogP) is 3.09. The van der Waals surface area contributed by atoms with Crippen LogP contribution in [0.1, 0.15) is 0 Å². The van der Waals surface area contributed by atoms with E-state index in [2.05, 4.69) is 28.2 Å². The van der Waals surface area contributed by atoms with Gasteiger partial charge in [-0.05, 0) is 17.7 Å². The van der Waals surface area contributed by atoms with Gasteiger partial charge in [-0.3, -0.25) is 0 Å². The zero-order chi connectivity index (χ0) is 11.8. The molecule has 2 aromatic carbocycles. The van der Waals surface area contributed by atoms with E-state index < -0.39 is 0 Å². The quantitative estimate of drug-likeness (QED) is 0.404. The van der Waals surface area contributed by atoms with E-state index in [1.54, 1.807) is 0 Å². The van der Waals surface area contributed by atoms with Crippen molar-refractivity contribution < 1.29 is 0 Å². The van der Waals surface area contributed by atoms with Crippen LogP contribution in [0.15, 0.2) is 41.6 Å². The molecular weight excluding hydrogens is 230 g/mol. The highest BCUT2D eigenvalue weighted by Gasteiger charge is 2.07. The lowest BCUT2D eigenvalue weighted by Gasteiger charge is -2.06. The first-order chi connectivity index (χ1) is 8.29. The van der Waals surface area contributed by atoms with Gasteiger partial charge in [0.05, 0.1) is 5.52 Å². The molecule has 0 atom stereocenters. The standard InChI is InChI=1S/C13H11N3S/c1-17-13-15-11-9-5-3-2-4-8(9)6-7-10(11)12(14)16-13/h2-7H,1H3,(H2,14,15,16). The van der Waals surface area contributed by atoms with E-state index in [0.29, 0.717) is 11.0 Å². The fraction of sp³-hybridized carbons (Fsp3) is 0.0769. The Kier molecular flexibility index (Phi) is 2.37. The lowest BCUT2D eigenvalue weighted by molar-refractivity contribution is 1.02. The van der Waals surface area contributed by atoms with Crippen LogP contribution in [0.2, 0.25) is 0 Å². The molecule has 17 heavy (non-hydrogen) atoms. The number of nitrogen functional groups attached to an aromatic ring is 1. The van der Waals surface area contributed by atoms with E-state index in [4.69, 9.17) is 5.73 Å². The monoisotopic (exact) mass is 241 g/mol. The Balaban J connectivity index is 2.51. The molecule has 0 aliphatic heterocycles. The molecule has 3 aromatic rings. The summed E-state index contributed by atoms with van der Waals surface area (Å²) in [5.41, 5.74) is 6.89. The van der Waals surface area contributed by atoms with Crippen molar-refractivity contribution in [3.63, 3.8) is 0 Å². The van der Waals surface area contributed by atoms with Gasteiger partial charge in [0.1, 0.15) is 5.82 Å². The van der Waals surface area contributed by atoms with Gasteiger partial charge in [-0.2, -0.15) is 0 Å². The molecule has 2 N–H and O–H groups in total. The largest absolute Gasteiger partial charge is 0.383 e. The summed E-state index contributed by atoms with van der Waals surface area (Å²) >= 11 is 1.50. The maximum Gasteiger partial charge on any atom is 0.189 e. The number of aromatic nitrogens is 2. The molecule has 0 bridgehead atoms. The zero-order valence-corrected chi connectivity index (χ0v) is 10.2. The minimum atomic E-state index is 0.546. The van der Waals surface area contributed by atoms with Gasteiger partial charge in [0.15, 0.2) is 5.16 Å². The van der Waals surface area contributed by atoms with Gasteiger partial charge >= 0.3 is 0 Å². The molecular formula is C13H11N3S. The normalized spacial score (nSPS) is 11.1. The van der Waals surface area contributed by atoms with Crippen LogP contribution in [0.5, 0.6) is 0 Å². The van der Waals surface area contributed by atoms with Gasteiger partial charge < -0.3 is 5.73 Å². The molecule has 4 heteroatoms. The predicted molar refractivity (Wildman–Crippen MR) is 73.2 cm³/mol. The molecule has 3 rings (SSSR count). The van der Waals surface area contributed by atoms with Crippen LogP contribution in [-0.4, -0.2) is 16.2 Å². The second-order valence-corrected chi connectivity index (χ2v) is 4.55. The third kappa shape index (κ3) is 1.61. The molecule has 0 radical (unpaired) electrons. The lowest BCUT2D eigenvalue weighted by atomic mass is 10.1. The Morgan fingerprint density at radius 2 is 1.82 bits per heavy atom. The number of anilines is 1.